The summed E-state index contributed by atoms with van der Waals surface area (Å²) in [6, 6.07) is 12.6. The quantitative estimate of drug-likeness (QED) is 0.473. The third-order valence-corrected chi connectivity index (χ3v) is 5.39. The first kappa shape index (κ1) is 18.9. The highest BCUT2D eigenvalue weighted by Gasteiger charge is 2.11. The van der Waals surface area contributed by atoms with Crippen LogP contribution >= 0.6 is 46.1 Å². The van der Waals surface area contributed by atoms with Crippen LogP contribution in [-0.2, 0) is 4.79 Å². The van der Waals surface area contributed by atoms with E-state index in [0.29, 0.717) is 20.2 Å². The molecule has 2 aromatic carbocycles. The number of rotatable bonds is 4. The summed E-state index contributed by atoms with van der Waals surface area (Å²) < 4.78 is 0. The van der Waals surface area contributed by atoms with Crippen LogP contribution in [0.25, 0.3) is 17.3 Å². The van der Waals surface area contributed by atoms with Crippen molar-refractivity contribution in [2.75, 3.05) is 5.32 Å². The minimum atomic E-state index is -0.271. The zero-order valence-corrected chi connectivity index (χ0v) is 16.7. The van der Waals surface area contributed by atoms with Crippen LogP contribution in [0.3, 0.4) is 0 Å². The topological polar surface area (TPSA) is 42.0 Å². The number of nitrogens with zero attached hydrogens (tertiary/aromatic N) is 1. The molecule has 0 saturated carbocycles. The van der Waals surface area contributed by atoms with Gasteiger partial charge in [0.05, 0.1) is 15.7 Å². The van der Waals surface area contributed by atoms with E-state index in [1.165, 1.54) is 17.4 Å². The number of thiazole rings is 1. The lowest BCUT2D eigenvalue weighted by molar-refractivity contribution is -0.111. The number of carbonyl (C=O) groups excluding carboxylic acids is 1. The zero-order valence-electron chi connectivity index (χ0n) is 13.6. The summed E-state index contributed by atoms with van der Waals surface area (Å²) in [6.07, 6.45) is 3.09. The Balaban J connectivity index is 1.71. The molecule has 0 bridgehead atoms. The van der Waals surface area contributed by atoms with E-state index >= 15 is 0 Å². The van der Waals surface area contributed by atoms with Gasteiger partial charge in [-0.2, -0.15) is 0 Å². The van der Waals surface area contributed by atoms with Crippen molar-refractivity contribution in [1.82, 2.24) is 4.98 Å². The molecule has 1 amide bonds. The number of anilines is 1. The van der Waals surface area contributed by atoms with Gasteiger partial charge in [-0.25, -0.2) is 4.98 Å². The normalized spacial score (nSPS) is 11.1. The van der Waals surface area contributed by atoms with Gasteiger partial charge in [0.25, 0.3) is 0 Å². The van der Waals surface area contributed by atoms with Crippen LogP contribution in [0, 0.1) is 6.92 Å². The minimum absolute atomic E-state index is 0.271. The third kappa shape index (κ3) is 4.65. The number of halogens is 3. The summed E-state index contributed by atoms with van der Waals surface area (Å²) in [5, 5.41) is 4.90. The molecule has 0 unspecified atom stereocenters. The average Bonchev–Trinajstić information content (AvgIpc) is 2.97. The van der Waals surface area contributed by atoms with Gasteiger partial charge < -0.3 is 0 Å². The highest BCUT2D eigenvalue weighted by molar-refractivity contribution is 7.16. The van der Waals surface area contributed by atoms with E-state index in [1.807, 2.05) is 31.2 Å². The number of carbonyl (C=O) groups is 1. The monoisotopic (exact) mass is 422 g/mol. The standard InChI is InChI=1S/C19H13Cl3N2OS/c1-11-18(13-4-6-14(20)7-5-13)24-19(26-11)23-17(25)9-3-12-2-8-15(21)16(22)10-12/h2-10H,1H3,(H,23,24,25). The maximum Gasteiger partial charge on any atom is 0.250 e. The van der Waals surface area contributed by atoms with E-state index < -0.39 is 0 Å². The van der Waals surface area contributed by atoms with Crippen LogP contribution in [0.15, 0.2) is 48.5 Å². The molecule has 132 valence electrons. The zero-order chi connectivity index (χ0) is 18.7. The largest absolute Gasteiger partial charge is 0.298 e. The number of hydrogen-bond acceptors (Lipinski definition) is 3. The number of hydrogen-bond donors (Lipinski definition) is 1. The highest BCUT2D eigenvalue weighted by atomic mass is 35.5. The van der Waals surface area contributed by atoms with E-state index in [2.05, 4.69) is 10.3 Å². The lowest BCUT2D eigenvalue weighted by Gasteiger charge is -1.99. The van der Waals surface area contributed by atoms with Crippen molar-refractivity contribution in [3.05, 3.63) is 74.0 Å². The molecular formula is C19H13Cl3N2OS. The van der Waals surface area contributed by atoms with Gasteiger partial charge in [0, 0.05) is 21.5 Å². The first-order chi connectivity index (χ1) is 12.4. The summed E-state index contributed by atoms with van der Waals surface area (Å²) in [5.74, 6) is -0.271. The van der Waals surface area contributed by atoms with Gasteiger partial charge in [0.15, 0.2) is 5.13 Å². The molecule has 0 atom stereocenters. The molecule has 1 heterocycles. The Morgan fingerprint density at radius 3 is 2.50 bits per heavy atom. The third-order valence-electron chi connectivity index (χ3n) is 3.52. The fourth-order valence-corrected chi connectivity index (χ4v) is 3.53. The second-order valence-electron chi connectivity index (χ2n) is 5.43. The van der Waals surface area contributed by atoms with Gasteiger partial charge in [-0.1, -0.05) is 53.0 Å². The van der Waals surface area contributed by atoms with Crippen LogP contribution in [0.2, 0.25) is 15.1 Å². The predicted molar refractivity (Wildman–Crippen MR) is 111 cm³/mol. The van der Waals surface area contributed by atoms with Crippen LogP contribution in [-0.4, -0.2) is 10.9 Å². The Kier molecular flexibility index (Phi) is 5.99. The number of nitrogens with one attached hydrogen (secondary N) is 1. The highest BCUT2D eigenvalue weighted by Crippen LogP contribution is 2.31. The number of aryl methyl sites for hydroxylation is 1. The first-order valence-corrected chi connectivity index (χ1v) is 9.55. The van der Waals surface area contributed by atoms with Crippen molar-refractivity contribution in [1.29, 1.82) is 0 Å². The number of amides is 1. The van der Waals surface area contributed by atoms with Crippen molar-refractivity contribution in [3.63, 3.8) is 0 Å². The fraction of sp³-hybridized carbons (Fsp3) is 0.0526. The SMILES string of the molecule is Cc1sc(NC(=O)C=Cc2ccc(Cl)c(Cl)c2)nc1-c1ccc(Cl)cc1. The summed E-state index contributed by atoms with van der Waals surface area (Å²) in [6.45, 7) is 1.96. The summed E-state index contributed by atoms with van der Waals surface area (Å²) in [5.41, 5.74) is 2.57. The van der Waals surface area contributed by atoms with E-state index in [1.54, 1.807) is 24.3 Å². The van der Waals surface area contributed by atoms with Crippen LogP contribution in [0.4, 0.5) is 5.13 Å². The van der Waals surface area contributed by atoms with Gasteiger partial charge in [-0.05, 0) is 42.8 Å². The van der Waals surface area contributed by atoms with E-state index in [-0.39, 0.29) is 5.91 Å². The van der Waals surface area contributed by atoms with Crippen LogP contribution < -0.4 is 5.32 Å². The maximum atomic E-state index is 12.1. The Bertz CT molecular complexity index is 981. The van der Waals surface area contributed by atoms with Gasteiger partial charge in [0.1, 0.15) is 0 Å². The number of aromatic nitrogens is 1. The Labute approximate surface area is 170 Å². The van der Waals surface area contributed by atoms with Crippen molar-refractivity contribution >= 4 is 63.3 Å². The first-order valence-electron chi connectivity index (χ1n) is 7.60. The fourth-order valence-electron chi connectivity index (χ4n) is 2.26. The molecule has 3 rings (SSSR count). The van der Waals surface area contributed by atoms with Gasteiger partial charge in [0.2, 0.25) is 5.91 Å². The average molecular weight is 424 g/mol. The van der Waals surface area contributed by atoms with Crippen molar-refractivity contribution < 1.29 is 4.79 Å². The molecule has 0 aliphatic heterocycles. The van der Waals surface area contributed by atoms with Crippen LogP contribution in [0.1, 0.15) is 10.4 Å². The van der Waals surface area contributed by atoms with Crippen LogP contribution in [0.5, 0.6) is 0 Å². The minimum Gasteiger partial charge on any atom is -0.298 e. The molecular weight excluding hydrogens is 411 g/mol. The molecule has 0 saturated heterocycles. The summed E-state index contributed by atoms with van der Waals surface area (Å²) in [4.78, 5) is 17.6. The predicted octanol–water partition coefficient (Wildman–Crippen LogP) is 6.73. The van der Waals surface area contributed by atoms with Crippen molar-refractivity contribution in [3.8, 4) is 11.3 Å². The Morgan fingerprint density at radius 1 is 1.08 bits per heavy atom. The Hall–Kier alpha value is -1.85. The maximum absolute atomic E-state index is 12.1. The van der Waals surface area contributed by atoms with E-state index in [4.69, 9.17) is 34.8 Å². The second kappa shape index (κ2) is 8.23. The van der Waals surface area contributed by atoms with Gasteiger partial charge in [-0.15, -0.1) is 11.3 Å². The van der Waals surface area contributed by atoms with Crippen molar-refractivity contribution in [2.45, 2.75) is 6.92 Å². The van der Waals surface area contributed by atoms with E-state index in [9.17, 15) is 4.79 Å². The molecule has 0 radical (unpaired) electrons. The lowest BCUT2D eigenvalue weighted by atomic mass is 10.1. The molecule has 26 heavy (non-hydrogen) atoms. The Morgan fingerprint density at radius 2 is 1.81 bits per heavy atom. The lowest BCUT2D eigenvalue weighted by Crippen LogP contribution is -2.07. The second-order valence-corrected chi connectivity index (χ2v) is 7.88. The number of benzene rings is 2. The molecule has 3 nitrogen and oxygen atoms in total. The van der Waals surface area contributed by atoms with E-state index in [0.717, 1.165) is 21.7 Å². The molecule has 0 fully saturated rings. The molecule has 7 heteroatoms. The smallest absolute Gasteiger partial charge is 0.250 e. The molecule has 1 N–H and O–H groups in total. The molecule has 0 aliphatic carbocycles. The van der Waals surface area contributed by atoms with Gasteiger partial charge >= 0.3 is 0 Å². The molecule has 3 aromatic rings. The molecule has 0 spiro atoms. The summed E-state index contributed by atoms with van der Waals surface area (Å²) in [7, 11) is 0. The van der Waals surface area contributed by atoms with Crippen molar-refractivity contribution in [2.24, 2.45) is 0 Å². The molecule has 1 aromatic heterocycles. The van der Waals surface area contributed by atoms with Gasteiger partial charge in [-0.3, -0.25) is 10.1 Å². The molecule has 0 aliphatic rings. The summed E-state index contributed by atoms with van der Waals surface area (Å²) >= 11 is 19.2.